The molecule has 0 fully saturated rings. The van der Waals surface area contributed by atoms with E-state index in [1.807, 2.05) is 31.2 Å². The number of aromatic amines is 1. The molecule has 1 aromatic heterocycles. The van der Waals surface area contributed by atoms with Gasteiger partial charge in [0.25, 0.3) is 0 Å². The van der Waals surface area contributed by atoms with Crippen LogP contribution in [0.1, 0.15) is 5.56 Å². The maximum absolute atomic E-state index is 5.51. The quantitative estimate of drug-likeness (QED) is 0.760. The SMILES string of the molecule is Cc1ccccc1Oc1cc(N)[nH]n1. The summed E-state index contributed by atoms with van der Waals surface area (Å²) in [5, 5.41) is 6.49. The Kier molecular flexibility index (Phi) is 2.10. The molecule has 72 valence electrons. The average molecular weight is 189 g/mol. The van der Waals surface area contributed by atoms with Crippen LogP contribution in [0.15, 0.2) is 30.3 Å². The van der Waals surface area contributed by atoms with E-state index < -0.39 is 0 Å². The van der Waals surface area contributed by atoms with E-state index in [-0.39, 0.29) is 0 Å². The Bertz CT molecular complexity index is 436. The summed E-state index contributed by atoms with van der Waals surface area (Å²) in [6.45, 7) is 1.98. The number of nitrogens with one attached hydrogen (secondary N) is 1. The number of nitrogens with two attached hydrogens (primary N) is 1. The topological polar surface area (TPSA) is 63.9 Å². The number of anilines is 1. The van der Waals surface area contributed by atoms with Crippen LogP contribution in [0, 0.1) is 6.92 Å². The molecule has 14 heavy (non-hydrogen) atoms. The zero-order valence-corrected chi connectivity index (χ0v) is 7.82. The van der Waals surface area contributed by atoms with Gasteiger partial charge in [0, 0.05) is 6.07 Å². The van der Waals surface area contributed by atoms with Crippen LogP contribution in [0.25, 0.3) is 0 Å². The number of aryl methyl sites for hydroxylation is 1. The number of nitrogens with zero attached hydrogens (tertiary/aromatic N) is 1. The van der Waals surface area contributed by atoms with Crippen molar-refractivity contribution in [2.45, 2.75) is 6.92 Å². The summed E-state index contributed by atoms with van der Waals surface area (Å²) >= 11 is 0. The summed E-state index contributed by atoms with van der Waals surface area (Å²) in [7, 11) is 0. The monoisotopic (exact) mass is 189 g/mol. The van der Waals surface area contributed by atoms with Crippen molar-refractivity contribution in [3.63, 3.8) is 0 Å². The van der Waals surface area contributed by atoms with E-state index in [2.05, 4.69) is 10.2 Å². The van der Waals surface area contributed by atoms with Gasteiger partial charge in [-0.25, -0.2) is 0 Å². The fraction of sp³-hybridized carbons (Fsp3) is 0.100. The zero-order chi connectivity index (χ0) is 9.97. The largest absolute Gasteiger partial charge is 0.437 e. The third kappa shape index (κ3) is 1.69. The highest BCUT2D eigenvalue weighted by atomic mass is 16.5. The first-order valence-corrected chi connectivity index (χ1v) is 4.30. The van der Waals surface area contributed by atoms with Crippen LogP contribution in [-0.2, 0) is 0 Å². The molecule has 0 saturated carbocycles. The summed E-state index contributed by atoms with van der Waals surface area (Å²) in [6, 6.07) is 9.39. The molecule has 0 unspecified atom stereocenters. The molecule has 2 rings (SSSR count). The van der Waals surface area contributed by atoms with Crippen LogP contribution in [-0.4, -0.2) is 10.2 Å². The van der Waals surface area contributed by atoms with Gasteiger partial charge >= 0.3 is 0 Å². The van der Waals surface area contributed by atoms with E-state index in [1.165, 1.54) is 0 Å². The molecule has 4 heteroatoms. The lowest BCUT2D eigenvalue weighted by atomic mass is 10.2. The molecule has 2 aromatic rings. The molecule has 0 atom stereocenters. The number of nitrogen functional groups attached to an aromatic ring is 1. The molecule has 0 saturated heterocycles. The molecule has 0 spiro atoms. The summed E-state index contributed by atoms with van der Waals surface area (Å²) in [5.41, 5.74) is 6.54. The second kappa shape index (κ2) is 3.41. The minimum atomic E-state index is 0.483. The van der Waals surface area contributed by atoms with Gasteiger partial charge in [0.05, 0.1) is 0 Å². The van der Waals surface area contributed by atoms with Gasteiger partial charge in [-0.2, -0.15) is 0 Å². The molecule has 0 radical (unpaired) electrons. The lowest BCUT2D eigenvalue weighted by Crippen LogP contribution is -1.86. The van der Waals surface area contributed by atoms with E-state index >= 15 is 0 Å². The van der Waals surface area contributed by atoms with Crippen molar-refractivity contribution in [2.24, 2.45) is 0 Å². The predicted octanol–water partition coefficient (Wildman–Crippen LogP) is 2.09. The summed E-state index contributed by atoms with van der Waals surface area (Å²) in [5.74, 6) is 1.77. The molecule has 4 nitrogen and oxygen atoms in total. The Morgan fingerprint density at radius 1 is 1.36 bits per heavy atom. The van der Waals surface area contributed by atoms with Gasteiger partial charge in [-0.3, -0.25) is 5.10 Å². The fourth-order valence-electron chi connectivity index (χ4n) is 1.15. The summed E-state index contributed by atoms with van der Waals surface area (Å²) in [6.07, 6.45) is 0. The zero-order valence-electron chi connectivity index (χ0n) is 7.82. The molecule has 0 aliphatic rings. The Hall–Kier alpha value is -1.97. The van der Waals surface area contributed by atoms with Crippen LogP contribution in [0.4, 0.5) is 5.82 Å². The van der Waals surface area contributed by atoms with Gasteiger partial charge < -0.3 is 10.5 Å². The smallest absolute Gasteiger partial charge is 0.240 e. The maximum Gasteiger partial charge on any atom is 0.240 e. The molecule has 1 heterocycles. The number of aromatic nitrogens is 2. The highest BCUT2D eigenvalue weighted by Gasteiger charge is 2.02. The molecule has 3 N–H and O–H groups in total. The number of para-hydroxylation sites is 1. The van der Waals surface area contributed by atoms with Crippen molar-refractivity contribution < 1.29 is 4.74 Å². The van der Waals surface area contributed by atoms with Crippen LogP contribution < -0.4 is 10.5 Å². The molecular weight excluding hydrogens is 178 g/mol. The third-order valence-corrected chi connectivity index (χ3v) is 1.88. The van der Waals surface area contributed by atoms with E-state index in [0.717, 1.165) is 11.3 Å². The van der Waals surface area contributed by atoms with Crippen LogP contribution in [0.5, 0.6) is 11.6 Å². The van der Waals surface area contributed by atoms with E-state index in [4.69, 9.17) is 10.5 Å². The number of hydrogen-bond donors (Lipinski definition) is 2. The average Bonchev–Trinajstić information content (AvgIpc) is 2.56. The van der Waals surface area contributed by atoms with Crippen molar-refractivity contribution in [3.8, 4) is 11.6 Å². The van der Waals surface area contributed by atoms with E-state index in [1.54, 1.807) is 6.07 Å². The Morgan fingerprint density at radius 3 is 2.79 bits per heavy atom. The Balaban J connectivity index is 2.23. The fourth-order valence-corrected chi connectivity index (χ4v) is 1.15. The molecule has 0 bridgehead atoms. The lowest BCUT2D eigenvalue weighted by Gasteiger charge is -2.03. The number of rotatable bonds is 2. The predicted molar refractivity (Wildman–Crippen MR) is 54.3 cm³/mol. The summed E-state index contributed by atoms with van der Waals surface area (Å²) < 4.78 is 5.51. The summed E-state index contributed by atoms with van der Waals surface area (Å²) in [4.78, 5) is 0. The molecule has 0 amide bonds. The first-order chi connectivity index (χ1) is 6.75. The van der Waals surface area contributed by atoms with Crippen LogP contribution >= 0.6 is 0 Å². The van der Waals surface area contributed by atoms with Gasteiger partial charge in [0.15, 0.2) is 0 Å². The van der Waals surface area contributed by atoms with Gasteiger partial charge in [0.2, 0.25) is 5.88 Å². The molecule has 0 aliphatic heterocycles. The Morgan fingerprint density at radius 2 is 2.14 bits per heavy atom. The normalized spacial score (nSPS) is 10.1. The van der Waals surface area contributed by atoms with Crippen molar-refractivity contribution in [2.75, 3.05) is 5.73 Å². The Labute approximate surface area is 81.7 Å². The maximum atomic E-state index is 5.51. The van der Waals surface area contributed by atoms with Crippen molar-refractivity contribution in [1.29, 1.82) is 0 Å². The number of H-pyrrole nitrogens is 1. The number of ether oxygens (including phenoxy) is 1. The van der Waals surface area contributed by atoms with E-state index in [0.29, 0.717) is 11.7 Å². The van der Waals surface area contributed by atoms with E-state index in [9.17, 15) is 0 Å². The minimum absolute atomic E-state index is 0.483. The molecule has 1 aromatic carbocycles. The standard InChI is InChI=1S/C10H11N3O/c1-7-4-2-3-5-8(7)14-10-6-9(11)12-13-10/h2-6H,1H3,(H3,11,12,13). The number of hydrogen-bond acceptors (Lipinski definition) is 3. The minimum Gasteiger partial charge on any atom is -0.437 e. The third-order valence-electron chi connectivity index (χ3n) is 1.88. The van der Waals surface area contributed by atoms with Gasteiger partial charge in [-0.05, 0) is 18.6 Å². The van der Waals surface area contributed by atoms with Crippen molar-refractivity contribution >= 4 is 5.82 Å². The van der Waals surface area contributed by atoms with Gasteiger partial charge in [-0.15, -0.1) is 5.10 Å². The highest BCUT2D eigenvalue weighted by molar-refractivity contribution is 5.38. The van der Waals surface area contributed by atoms with Gasteiger partial charge in [-0.1, -0.05) is 18.2 Å². The lowest BCUT2D eigenvalue weighted by molar-refractivity contribution is 0.458. The van der Waals surface area contributed by atoms with Gasteiger partial charge in [0.1, 0.15) is 11.6 Å². The molecular formula is C10H11N3O. The second-order valence-corrected chi connectivity index (χ2v) is 3.03. The second-order valence-electron chi connectivity index (χ2n) is 3.03. The first-order valence-electron chi connectivity index (χ1n) is 4.30. The van der Waals surface area contributed by atoms with Crippen molar-refractivity contribution in [1.82, 2.24) is 10.2 Å². The van der Waals surface area contributed by atoms with Crippen LogP contribution in [0.3, 0.4) is 0 Å². The van der Waals surface area contributed by atoms with Crippen molar-refractivity contribution in [3.05, 3.63) is 35.9 Å². The van der Waals surface area contributed by atoms with Crippen LogP contribution in [0.2, 0.25) is 0 Å². The first kappa shape index (κ1) is 8.62. The highest BCUT2D eigenvalue weighted by Crippen LogP contribution is 2.23. The number of benzene rings is 1. The molecule has 0 aliphatic carbocycles.